The van der Waals surface area contributed by atoms with Crippen LogP contribution in [0.25, 0.3) is 11.4 Å². The number of nitrogens with zero attached hydrogens (tertiary/aromatic N) is 3. The lowest BCUT2D eigenvalue weighted by Gasteiger charge is -2.04. The van der Waals surface area contributed by atoms with Gasteiger partial charge in [0.15, 0.2) is 0 Å². The van der Waals surface area contributed by atoms with Crippen molar-refractivity contribution in [2.75, 3.05) is 6.54 Å². The van der Waals surface area contributed by atoms with Crippen LogP contribution in [0, 0.1) is 5.92 Å². The van der Waals surface area contributed by atoms with Crippen molar-refractivity contribution in [3.8, 4) is 11.4 Å². The molecule has 2 N–H and O–H groups in total. The molecular weight excluding hydrogens is 240 g/mol. The lowest BCUT2D eigenvalue weighted by atomic mass is 10.1. The zero-order valence-corrected chi connectivity index (χ0v) is 11.5. The number of aryl methyl sites for hydroxylation is 2. The summed E-state index contributed by atoms with van der Waals surface area (Å²) < 4.78 is 5.29. The number of rotatable bonds is 6. The van der Waals surface area contributed by atoms with Crippen LogP contribution in [-0.2, 0) is 12.8 Å². The van der Waals surface area contributed by atoms with E-state index in [1.165, 1.54) is 0 Å². The first-order chi connectivity index (χ1) is 9.24. The highest BCUT2D eigenvalue weighted by molar-refractivity contribution is 5.58. The molecule has 2 aromatic heterocycles. The van der Waals surface area contributed by atoms with E-state index in [2.05, 4.69) is 29.0 Å². The molecule has 1 atom stereocenters. The van der Waals surface area contributed by atoms with Crippen molar-refractivity contribution < 1.29 is 4.52 Å². The zero-order chi connectivity index (χ0) is 13.7. The van der Waals surface area contributed by atoms with Gasteiger partial charge in [-0.25, -0.2) is 0 Å². The summed E-state index contributed by atoms with van der Waals surface area (Å²) in [6, 6.07) is 1.93. The van der Waals surface area contributed by atoms with E-state index in [1.54, 1.807) is 6.20 Å². The molecule has 0 saturated carbocycles. The minimum Gasteiger partial charge on any atom is -0.339 e. The average Bonchev–Trinajstić information content (AvgIpc) is 2.93. The van der Waals surface area contributed by atoms with Gasteiger partial charge in [-0.2, -0.15) is 4.98 Å². The molecule has 0 amide bonds. The Morgan fingerprint density at radius 1 is 1.42 bits per heavy atom. The summed E-state index contributed by atoms with van der Waals surface area (Å²) >= 11 is 0. The van der Waals surface area contributed by atoms with Gasteiger partial charge in [0.05, 0.1) is 0 Å². The maximum atomic E-state index is 5.60. The van der Waals surface area contributed by atoms with Gasteiger partial charge in [0.2, 0.25) is 11.7 Å². The first-order valence-electron chi connectivity index (χ1n) is 6.70. The minimum absolute atomic E-state index is 0.475. The topological polar surface area (TPSA) is 77.8 Å². The summed E-state index contributed by atoms with van der Waals surface area (Å²) in [5.74, 6) is 1.80. The van der Waals surface area contributed by atoms with Gasteiger partial charge in [-0.05, 0) is 36.9 Å². The second-order valence-electron chi connectivity index (χ2n) is 4.78. The molecule has 2 rings (SSSR count). The molecule has 102 valence electrons. The average molecular weight is 260 g/mol. The van der Waals surface area contributed by atoms with Crippen LogP contribution in [0.5, 0.6) is 0 Å². The smallest absolute Gasteiger partial charge is 0.226 e. The van der Waals surface area contributed by atoms with E-state index in [4.69, 9.17) is 10.3 Å². The summed E-state index contributed by atoms with van der Waals surface area (Å²) in [4.78, 5) is 8.57. The molecule has 0 saturated heterocycles. The fourth-order valence-corrected chi connectivity index (χ4v) is 1.88. The van der Waals surface area contributed by atoms with Gasteiger partial charge in [-0.3, -0.25) is 4.98 Å². The highest BCUT2D eigenvalue weighted by Gasteiger charge is 2.12. The molecule has 0 aliphatic rings. The highest BCUT2D eigenvalue weighted by Crippen LogP contribution is 2.20. The molecule has 0 fully saturated rings. The summed E-state index contributed by atoms with van der Waals surface area (Å²) in [6.07, 6.45) is 6.24. The highest BCUT2D eigenvalue weighted by atomic mass is 16.5. The number of hydrogen-bond donors (Lipinski definition) is 1. The van der Waals surface area contributed by atoms with E-state index in [-0.39, 0.29) is 0 Å². The number of hydrogen-bond acceptors (Lipinski definition) is 5. The molecule has 2 aromatic rings. The second-order valence-corrected chi connectivity index (χ2v) is 4.78. The van der Waals surface area contributed by atoms with Crippen LogP contribution in [0.4, 0.5) is 0 Å². The van der Waals surface area contributed by atoms with Crippen LogP contribution in [0.15, 0.2) is 23.0 Å². The van der Waals surface area contributed by atoms with Crippen LogP contribution in [-0.4, -0.2) is 21.7 Å². The maximum Gasteiger partial charge on any atom is 0.226 e. The Kier molecular flexibility index (Phi) is 4.63. The lowest BCUT2D eigenvalue weighted by molar-refractivity contribution is 0.366. The standard InChI is InChI=1S/C14H20N4O/c1-3-11-9-16-7-6-12(11)14-17-13(19-18-14)5-4-10(2)8-15/h6-7,9-10H,3-5,8,15H2,1-2H3. The van der Waals surface area contributed by atoms with Gasteiger partial charge in [-0.1, -0.05) is 19.0 Å². The summed E-state index contributed by atoms with van der Waals surface area (Å²) in [5, 5.41) is 4.05. The SMILES string of the molecule is CCc1cnccc1-c1noc(CCC(C)CN)n1. The molecule has 0 aliphatic carbocycles. The van der Waals surface area contributed by atoms with Crippen LogP contribution in [0.2, 0.25) is 0 Å². The minimum atomic E-state index is 0.475. The Balaban J connectivity index is 2.12. The molecule has 0 spiro atoms. The third-order valence-corrected chi connectivity index (χ3v) is 3.25. The molecule has 2 heterocycles. The summed E-state index contributed by atoms with van der Waals surface area (Å²) in [7, 11) is 0. The van der Waals surface area contributed by atoms with E-state index in [9.17, 15) is 0 Å². The first kappa shape index (κ1) is 13.7. The van der Waals surface area contributed by atoms with Gasteiger partial charge >= 0.3 is 0 Å². The van der Waals surface area contributed by atoms with Crippen LogP contribution < -0.4 is 5.73 Å². The fourth-order valence-electron chi connectivity index (χ4n) is 1.88. The lowest BCUT2D eigenvalue weighted by Crippen LogP contribution is -2.11. The maximum absolute atomic E-state index is 5.60. The largest absolute Gasteiger partial charge is 0.339 e. The number of nitrogens with two attached hydrogens (primary N) is 1. The molecule has 0 radical (unpaired) electrons. The summed E-state index contributed by atoms with van der Waals surface area (Å²) in [5.41, 5.74) is 7.73. The van der Waals surface area contributed by atoms with E-state index in [0.29, 0.717) is 24.2 Å². The van der Waals surface area contributed by atoms with Gasteiger partial charge < -0.3 is 10.3 Å². The van der Waals surface area contributed by atoms with Crippen molar-refractivity contribution in [2.24, 2.45) is 11.7 Å². The molecule has 0 aromatic carbocycles. The van der Waals surface area contributed by atoms with Gasteiger partial charge in [0.25, 0.3) is 0 Å². The van der Waals surface area contributed by atoms with Crippen LogP contribution >= 0.6 is 0 Å². The van der Waals surface area contributed by atoms with E-state index in [1.807, 2.05) is 12.3 Å². The van der Waals surface area contributed by atoms with Crippen molar-refractivity contribution >= 4 is 0 Å². The quantitative estimate of drug-likeness (QED) is 0.861. The van der Waals surface area contributed by atoms with E-state index < -0.39 is 0 Å². The molecule has 0 bridgehead atoms. The molecule has 5 nitrogen and oxygen atoms in total. The Labute approximate surface area is 113 Å². The third kappa shape index (κ3) is 3.38. The zero-order valence-electron chi connectivity index (χ0n) is 11.5. The Bertz CT molecular complexity index is 524. The van der Waals surface area contributed by atoms with Crippen LogP contribution in [0.1, 0.15) is 31.7 Å². The Morgan fingerprint density at radius 2 is 2.26 bits per heavy atom. The molecule has 0 aliphatic heterocycles. The van der Waals surface area contributed by atoms with Gasteiger partial charge in [-0.15, -0.1) is 0 Å². The van der Waals surface area contributed by atoms with Crippen molar-refractivity contribution in [3.63, 3.8) is 0 Å². The van der Waals surface area contributed by atoms with E-state index >= 15 is 0 Å². The molecular formula is C14H20N4O. The first-order valence-corrected chi connectivity index (χ1v) is 6.70. The third-order valence-electron chi connectivity index (χ3n) is 3.25. The number of pyridine rings is 1. The molecule has 19 heavy (non-hydrogen) atoms. The monoisotopic (exact) mass is 260 g/mol. The van der Waals surface area contributed by atoms with E-state index in [0.717, 1.165) is 30.4 Å². The van der Waals surface area contributed by atoms with Gasteiger partial charge in [0, 0.05) is 24.4 Å². The van der Waals surface area contributed by atoms with Crippen molar-refractivity contribution in [1.82, 2.24) is 15.1 Å². The fraction of sp³-hybridized carbons (Fsp3) is 0.500. The predicted molar refractivity (Wildman–Crippen MR) is 73.4 cm³/mol. The van der Waals surface area contributed by atoms with Crippen molar-refractivity contribution in [3.05, 3.63) is 29.9 Å². The normalized spacial score (nSPS) is 12.6. The van der Waals surface area contributed by atoms with Crippen molar-refractivity contribution in [1.29, 1.82) is 0 Å². The van der Waals surface area contributed by atoms with Gasteiger partial charge in [0.1, 0.15) is 0 Å². The Hall–Kier alpha value is -1.75. The van der Waals surface area contributed by atoms with Crippen molar-refractivity contribution in [2.45, 2.75) is 33.1 Å². The second kappa shape index (κ2) is 6.43. The van der Waals surface area contributed by atoms with Crippen LogP contribution in [0.3, 0.4) is 0 Å². The molecule has 1 unspecified atom stereocenters. The Morgan fingerprint density at radius 3 is 3.00 bits per heavy atom. The predicted octanol–water partition coefficient (Wildman–Crippen LogP) is 2.22. The molecule has 5 heteroatoms. The summed E-state index contributed by atoms with van der Waals surface area (Å²) in [6.45, 7) is 4.89. The number of aromatic nitrogens is 3.